The van der Waals surface area contributed by atoms with E-state index >= 15 is 0 Å². The number of nitrogens with one attached hydrogen (secondary N) is 1. The molecule has 0 amide bonds. The Hall–Kier alpha value is -2.01. The third kappa shape index (κ3) is 2.98. The number of rotatable bonds is 3. The third-order valence-corrected chi connectivity index (χ3v) is 2.14. The summed E-state index contributed by atoms with van der Waals surface area (Å²) in [7, 11) is 5.84. The van der Waals surface area contributed by atoms with Crippen LogP contribution in [0.3, 0.4) is 0 Å². The van der Waals surface area contributed by atoms with Crippen molar-refractivity contribution < 1.29 is 1.37 Å². The van der Waals surface area contributed by atoms with E-state index in [1.54, 1.807) is 0 Å². The largest absolute Gasteiger partial charge is 0.333 e. The average Bonchev–Trinajstić information content (AvgIpc) is 2.28. The van der Waals surface area contributed by atoms with Crippen molar-refractivity contribution in [1.29, 1.82) is 0 Å². The smallest absolute Gasteiger partial charge is 0.324 e. The van der Waals surface area contributed by atoms with Crippen LogP contribution in [0.4, 0.5) is 17.6 Å². The Labute approximate surface area is 102 Å². The normalized spacial score (nSPS) is 12.1. The number of anilines is 2. The molecule has 0 bridgehead atoms. The van der Waals surface area contributed by atoms with E-state index in [9.17, 15) is 0 Å². The summed E-state index contributed by atoms with van der Waals surface area (Å²) in [6.07, 6.45) is -0.0357. The Kier molecular flexibility index (Phi) is 2.67. The van der Waals surface area contributed by atoms with Gasteiger partial charge in [0.25, 0.3) is 0 Å². The van der Waals surface area contributed by atoms with Crippen molar-refractivity contribution in [1.82, 2.24) is 19.4 Å². The summed E-state index contributed by atoms with van der Waals surface area (Å²) in [4.78, 5) is 12.3. The van der Waals surface area contributed by atoms with Crippen LogP contribution in [0.2, 0.25) is 0 Å². The van der Waals surface area contributed by atoms with E-state index in [2.05, 4.69) is 20.3 Å². The molecule has 0 saturated carbocycles. The summed E-state index contributed by atoms with van der Waals surface area (Å²) in [5.74, 6) is 0.942. The van der Waals surface area contributed by atoms with Crippen molar-refractivity contribution in [2.75, 3.05) is 26.5 Å². The molecule has 2 rings (SSSR count). The molecular formula is C12H16N5+. The SMILES string of the molecule is [3H]c1nc(Nc2ccccc2)nc([N+](C)(C)C)n1. The number of para-hydroxylation sites is 1. The lowest BCUT2D eigenvalue weighted by Crippen LogP contribution is -2.36. The Morgan fingerprint density at radius 2 is 1.82 bits per heavy atom. The fraction of sp³-hybridized carbons (Fsp3) is 0.250. The van der Waals surface area contributed by atoms with Crippen molar-refractivity contribution in [2.24, 2.45) is 0 Å². The van der Waals surface area contributed by atoms with Crippen LogP contribution in [0.15, 0.2) is 36.6 Å². The van der Waals surface area contributed by atoms with E-state index in [-0.39, 0.29) is 6.30 Å². The minimum absolute atomic E-state index is 0.0357. The van der Waals surface area contributed by atoms with Gasteiger partial charge in [-0.05, 0) is 12.1 Å². The van der Waals surface area contributed by atoms with Gasteiger partial charge in [0.1, 0.15) is 7.67 Å². The number of aromatic nitrogens is 3. The topological polar surface area (TPSA) is 50.7 Å². The minimum atomic E-state index is -0.0357. The molecule has 0 aliphatic carbocycles. The zero-order chi connectivity index (χ0) is 13.2. The summed E-state index contributed by atoms with van der Waals surface area (Å²) in [5.41, 5.74) is 0.885. The Balaban J connectivity index is 2.32. The van der Waals surface area contributed by atoms with Gasteiger partial charge in [-0.3, -0.25) is 4.48 Å². The molecule has 1 heterocycles. The fourth-order valence-electron chi connectivity index (χ4n) is 1.27. The lowest BCUT2D eigenvalue weighted by Gasteiger charge is -2.20. The van der Waals surface area contributed by atoms with Crippen LogP contribution >= 0.6 is 0 Å². The summed E-state index contributed by atoms with van der Waals surface area (Å²) in [5, 5.41) is 3.06. The van der Waals surface area contributed by atoms with E-state index in [1.165, 1.54) is 0 Å². The van der Waals surface area contributed by atoms with Crippen LogP contribution in [-0.2, 0) is 0 Å². The number of hydrogen-bond acceptors (Lipinski definition) is 4. The molecule has 0 saturated heterocycles. The number of nitrogens with zero attached hydrogens (tertiary/aromatic N) is 4. The highest BCUT2D eigenvalue weighted by molar-refractivity contribution is 5.53. The fourth-order valence-corrected chi connectivity index (χ4v) is 1.27. The first-order chi connectivity index (χ1) is 8.45. The summed E-state index contributed by atoms with van der Waals surface area (Å²) in [6, 6.07) is 9.61. The molecule has 1 aromatic heterocycles. The molecule has 0 aliphatic heterocycles. The highest BCUT2D eigenvalue weighted by Crippen LogP contribution is 2.14. The van der Waals surface area contributed by atoms with E-state index in [0.717, 1.165) is 5.69 Å². The van der Waals surface area contributed by atoms with Crippen molar-refractivity contribution in [2.45, 2.75) is 0 Å². The molecule has 0 unspecified atom stereocenters. The van der Waals surface area contributed by atoms with Gasteiger partial charge >= 0.3 is 5.95 Å². The number of hydrogen-bond donors (Lipinski definition) is 1. The molecule has 5 nitrogen and oxygen atoms in total. The predicted molar refractivity (Wildman–Crippen MR) is 69.1 cm³/mol. The van der Waals surface area contributed by atoms with Crippen LogP contribution in [0.1, 0.15) is 1.37 Å². The summed E-state index contributed by atoms with van der Waals surface area (Å²) in [6.45, 7) is 0. The molecule has 0 fully saturated rings. The zero-order valence-corrected chi connectivity index (χ0v) is 10.2. The van der Waals surface area contributed by atoms with Crippen LogP contribution in [-0.4, -0.2) is 36.1 Å². The van der Waals surface area contributed by atoms with Gasteiger partial charge in [0.15, 0.2) is 0 Å². The zero-order valence-electron chi connectivity index (χ0n) is 11.2. The Bertz CT molecular complexity index is 536. The second-order valence-corrected chi connectivity index (χ2v) is 4.56. The maximum atomic E-state index is 7.61. The van der Waals surface area contributed by atoms with Gasteiger partial charge < -0.3 is 5.32 Å². The highest BCUT2D eigenvalue weighted by atomic mass is 15.4. The van der Waals surface area contributed by atoms with Crippen molar-refractivity contribution in [3.63, 3.8) is 0 Å². The van der Waals surface area contributed by atoms with Crippen molar-refractivity contribution >= 4 is 17.6 Å². The van der Waals surface area contributed by atoms with Gasteiger partial charge in [0.05, 0.1) is 21.1 Å². The summed E-state index contributed by atoms with van der Waals surface area (Å²) >= 11 is 0. The molecule has 88 valence electrons. The van der Waals surface area contributed by atoms with Crippen molar-refractivity contribution in [3.8, 4) is 0 Å². The van der Waals surface area contributed by atoms with Gasteiger partial charge in [0.2, 0.25) is 5.95 Å². The summed E-state index contributed by atoms with van der Waals surface area (Å²) < 4.78 is 8.05. The highest BCUT2D eigenvalue weighted by Gasteiger charge is 2.16. The third-order valence-electron chi connectivity index (χ3n) is 2.14. The van der Waals surface area contributed by atoms with E-state index in [4.69, 9.17) is 1.37 Å². The van der Waals surface area contributed by atoms with Gasteiger partial charge in [-0.25, -0.2) is 4.98 Å². The molecule has 1 aromatic carbocycles. The number of benzene rings is 1. The quantitative estimate of drug-likeness (QED) is 0.820. The maximum Gasteiger partial charge on any atom is 0.333 e. The van der Waals surface area contributed by atoms with Crippen LogP contribution in [0.5, 0.6) is 0 Å². The van der Waals surface area contributed by atoms with Gasteiger partial charge in [-0.15, -0.1) is 4.98 Å². The molecule has 17 heavy (non-hydrogen) atoms. The molecule has 0 spiro atoms. The van der Waals surface area contributed by atoms with Crippen LogP contribution in [0.25, 0.3) is 0 Å². The molecule has 0 aliphatic rings. The molecule has 5 heteroatoms. The molecule has 2 aromatic rings. The van der Waals surface area contributed by atoms with Crippen LogP contribution < -0.4 is 9.80 Å². The first kappa shape index (κ1) is 10.2. The molecule has 1 N–H and O–H groups in total. The first-order valence-electron chi connectivity index (χ1n) is 5.82. The van der Waals surface area contributed by atoms with E-state index in [0.29, 0.717) is 16.4 Å². The van der Waals surface area contributed by atoms with Gasteiger partial charge in [-0.1, -0.05) is 18.2 Å². The predicted octanol–water partition coefficient (Wildman–Crippen LogP) is 1.81. The molecular weight excluding hydrogens is 214 g/mol. The molecule has 0 atom stereocenters. The van der Waals surface area contributed by atoms with E-state index in [1.807, 2.05) is 51.5 Å². The second-order valence-electron chi connectivity index (χ2n) is 4.56. The molecule has 0 radical (unpaired) electrons. The minimum Gasteiger partial charge on any atom is -0.324 e. The first-order valence-corrected chi connectivity index (χ1v) is 5.32. The lowest BCUT2D eigenvalue weighted by atomic mass is 10.3. The second kappa shape index (κ2) is 4.47. The average molecular weight is 232 g/mol. The van der Waals surface area contributed by atoms with E-state index < -0.39 is 0 Å². The van der Waals surface area contributed by atoms with Gasteiger partial charge in [-0.2, -0.15) is 4.98 Å². The van der Waals surface area contributed by atoms with Crippen LogP contribution in [0, 0.1) is 0 Å². The van der Waals surface area contributed by atoms with Crippen molar-refractivity contribution in [3.05, 3.63) is 36.6 Å². The standard InChI is InChI=1S/C12H16N5/c1-17(2,3)12-14-9-13-11(16-12)15-10-7-5-4-6-8-10/h4-9H,1-3H3,(H,13,14,15,16)/q+1/i9T. The lowest BCUT2D eigenvalue weighted by molar-refractivity contribution is 0.457. The number of quaternary nitrogens is 1. The Morgan fingerprint density at radius 3 is 2.47 bits per heavy atom. The Morgan fingerprint density at radius 1 is 1.12 bits per heavy atom. The maximum absolute atomic E-state index is 7.61. The van der Waals surface area contributed by atoms with Gasteiger partial charge in [0, 0.05) is 5.69 Å². The monoisotopic (exact) mass is 232 g/mol.